The summed E-state index contributed by atoms with van der Waals surface area (Å²) in [6, 6.07) is 14.0. The molecule has 174 valence electrons. The van der Waals surface area contributed by atoms with Crippen molar-refractivity contribution in [1.82, 2.24) is 19.7 Å². The quantitative estimate of drug-likeness (QED) is 0.415. The Labute approximate surface area is 196 Å². The number of thiophene rings is 1. The van der Waals surface area contributed by atoms with Gasteiger partial charge in [0.1, 0.15) is 6.33 Å². The molecule has 11 heteroatoms. The first kappa shape index (κ1) is 21.7. The van der Waals surface area contributed by atoms with Gasteiger partial charge in [0.2, 0.25) is 6.79 Å². The predicted octanol–water partition coefficient (Wildman–Crippen LogP) is 3.82. The van der Waals surface area contributed by atoms with Crippen molar-refractivity contribution in [3.05, 3.63) is 76.1 Å². The van der Waals surface area contributed by atoms with Crippen molar-refractivity contribution in [3.8, 4) is 22.6 Å². The Morgan fingerprint density at radius 3 is 2.79 bits per heavy atom. The topological polar surface area (TPSA) is 108 Å². The summed E-state index contributed by atoms with van der Waals surface area (Å²) in [4.78, 5) is 24.2. The van der Waals surface area contributed by atoms with E-state index in [0.29, 0.717) is 6.54 Å². The molecule has 2 aromatic carbocycles. The lowest BCUT2D eigenvalue weighted by Gasteiger charge is -2.05. The number of nitrogens with one attached hydrogen (secondary N) is 1. The minimum Gasteiger partial charge on any atom is -0.465 e. The number of hydrogen-bond donors (Lipinski definition) is 2. The van der Waals surface area contributed by atoms with Gasteiger partial charge in [-0.1, -0.05) is 12.1 Å². The summed E-state index contributed by atoms with van der Waals surface area (Å²) in [5.41, 5.74) is 1.74. The molecule has 0 unspecified atom stereocenters. The molecule has 2 N–H and O–H groups in total. The largest absolute Gasteiger partial charge is 0.465 e. The Bertz CT molecular complexity index is 1470. The minimum atomic E-state index is -1.27. The van der Waals surface area contributed by atoms with Gasteiger partial charge >= 0.3 is 11.8 Å². The van der Waals surface area contributed by atoms with Gasteiger partial charge in [-0.15, -0.1) is 11.3 Å². The maximum atomic E-state index is 13.1. The van der Waals surface area contributed by atoms with Gasteiger partial charge in [-0.25, -0.2) is 18.7 Å². The molecule has 0 fully saturated rings. The molecule has 0 radical (unpaired) electrons. The van der Waals surface area contributed by atoms with Crippen molar-refractivity contribution in [2.45, 2.75) is 13.1 Å². The van der Waals surface area contributed by atoms with Gasteiger partial charge in [-0.3, -0.25) is 4.57 Å². The molecule has 3 heterocycles. The summed E-state index contributed by atoms with van der Waals surface area (Å²) in [5.74, 6) is 1.46. The van der Waals surface area contributed by atoms with Gasteiger partial charge in [-0.2, -0.15) is 5.10 Å². The van der Waals surface area contributed by atoms with E-state index >= 15 is 0 Å². The molecule has 0 spiro atoms. The molecular formula is C23H19FN4O5S. The normalized spacial score (nSPS) is 12.9. The monoisotopic (exact) mass is 482 g/mol. The average Bonchev–Trinajstić information content (AvgIpc) is 3.55. The van der Waals surface area contributed by atoms with E-state index in [1.807, 2.05) is 36.4 Å². The summed E-state index contributed by atoms with van der Waals surface area (Å²) >= 11 is 1.58. The molecular weight excluding hydrogens is 463 g/mol. The summed E-state index contributed by atoms with van der Waals surface area (Å²) in [7, 11) is 0. The molecule has 0 saturated heterocycles. The van der Waals surface area contributed by atoms with Crippen LogP contribution < -0.4 is 20.5 Å². The summed E-state index contributed by atoms with van der Waals surface area (Å²) in [6.07, 6.45) is 0.403. The van der Waals surface area contributed by atoms with Crippen LogP contribution in [0.15, 0.2) is 65.5 Å². The molecule has 2 aromatic heterocycles. The molecule has 0 atom stereocenters. The zero-order valence-electron chi connectivity index (χ0n) is 17.7. The highest BCUT2D eigenvalue weighted by Crippen LogP contribution is 2.37. The van der Waals surface area contributed by atoms with E-state index in [9.17, 15) is 14.0 Å². The first-order valence-corrected chi connectivity index (χ1v) is 11.1. The fourth-order valence-corrected chi connectivity index (χ4v) is 4.74. The smallest absolute Gasteiger partial charge is 0.404 e. The lowest BCUT2D eigenvalue weighted by atomic mass is 10.0. The van der Waals surface area contributed by atoms with Crippen LogP contribution in [0.4, 0.5) is 9.18 Å². The van der Waals surface area contributed by atoms with Crippen molar-refractivity contribution in [2.75, 3.05) is 13.3 Å². The van der Waals surface area contributed by atoms with Gasteiger partial charge in [0.15, 0.2) is 11.5 Å². The van der Waals surface area contributed by atoms with Crippen LogP contribution in [0, 0.1) is 0 Å². The summed E-state index contributed by atoms with van der Waals surface area (Å²) < 4.78 is 27.5. The van der Waals surface area contributed by atoms with Crippen LogP contribution >= 0.6 is 11.3 Å². The number of nitrogens with zero attached hydrogens (tertiary/aromatic N) is 3. The molecule has 0 saturated carbocycles. The Hall–Kier alpha value is -4.12. The van der Waals surface area contributed by atoms with Crippen molar-refractivity contribution in [1.29, 1.82) is 0 Å². The third-order valence-corrected chi connectivity index (χ3v) is 6.47. The number of carboxylic acid groups (broad SMARTS) is 1. The minimum absolute atomic E-state index is 0.0904. The van der Waals surface area contributed by atoms with Crippen LogP contribution in [-0.4, -0.2) is 38.9 Å². The average molecular weight is 482 g/mol. The standard InChI is InChI=1S/C23H19FN4O5S/c24-8-14(9-25-22(29)30)10-28-23(31)27(12-26-28)11-18-6-17-5-15(2-4-21(17)34-18)16-1-3-19-20(7-16)33-13-32-19/h1-8,12,25H,9-11,13H2,(H,29,30)/b14-8+. The van der Waals surface area contributed by atoms with E-state index in [1.165, 1.54) is 10.9 Å². The van der Waals surface area contributed by atoms with E-state index < -0.39 is 11.8 Å². The highest BCUT2D eigenvalue weighted by molar-refractivity contribution is 7.19. The molecule has 4 aromatic rings. The number of halogens is 1. The SMILES string of the molecule is O=C(O)NC/C(=C\F)Cn1ncn(Cc2cc3cc(-c4ccc5c(c4)OCO5)ccc3s2)c1=O. The Morgan fingerprint density at radius 2 is 1.97 bits per heavy atom. The number of ether oxygens (including phenoxy) is 2. The molecule has 1 aliphatic heterocycles. The first-order valence-electron chi connectivity index (χ1n) is 10.3. The number of amides is 1. The van der Waals surface area contributed by atoms with Crippen molar-refractivity contribution < 1.29 is 23.8 Å². The Balaban J connectivity index is 1.34. The second-order valence-corrected chi connectivity index (χ2v) is 8.83. The van der Waals surface area contributed by atoms with Crippen LogP contribution in [0.5, 0.6) is 11.5 Å². The van der Waals surface area contributed by atoms with Gasteiger partial charge in [-0.05, 0) is 52.4 Å². The van der Waals surface area contributed by atoms with Crippen molar-refractivity contribution in [2.24, 2.45) is 0 Å². The van der Waals surface area contributed by atoms with Crippen LogP contribution in [0.3, 0.4) is 0 Å². The number of aromatic nitrogens is 3. The highest BCUT2D eigenvalue weighted by Gasteiger charge is 2.15. The van der Waals surface area contributed by atoms with E-state index in [1.54, 1.807) is 11.3 Å². The third kappa shape index (κ3) is 4.37. The number of rotatable bonds is 7. The maximum absolute atomic E-state index is 13.1. The highest BCUT2D eigenvalue weighted by atomic mass is 32.1. The Kier molecular flexibility index (Phi) is 5.76. The number of benzene rings is 2. The van der Waals surface area contributed by atoms with E-state index in [4.69, 9.17) is 14.6 Å². The molecule has 34 heavy (non-hydrogen) atoms. The van der Waals surface area contributed by atoms with Gasteiger partial charge in [0, 0.05) is 16.1 Å². The van der Waals surface area contributed by atoms with Gasteiger partial charge in [0.25, 0.3) is 0 Å². The lowest BCUT2D eigenvalue weighted by molar-refractivity contribution is 0.174. The molecule has 5 rings (SSSR count). The summed E-state index contributed by atoms with van der Waals surface area (Å²) in [5, 5.41) is 15.8. The van der Waals surface area contributed by atoms with Crippen LogP contribution in [0.2, 0.25) is 0 Å². The molecule has 0 bridgehead atoms. The van der Waals surface area contributed by atoms with Gasteiger partial charge < -0.3 is 19.9 Å². The first-order chi connectivity index (χ1) is 16.5. The van der Waals surface area contributed by atoms with E-state index in [2.05, 4.69) is 16.5 Å². The van der Waals surface area contributed by atoms with Crippen molar-refractivity contribution in [3.63, 3.8) is 0 Å². The Morgan fingerprint density at radius 1 is 1.18 bits per heavy atom. The fraction of sp³-hybridized carbons (Fsp3) is 0.174. The predicted molar refractivity (Wildman–Crippen MR) is 124 cm³/mol. The molecule has 9 nitrogen and oxygen atoms in total. The zero-order chi connectivity index (χ0) is 23.7. The van der Waals surface area contributed by atoms with E-state index in [0.717, 1.165) is 42.3 Å². The second-order valence-electron chi connectivity index (χ2n) is 7.66. The molecule has 1 aliphatic rings. The maximum Gasteiger partial charge on any atom is 0.404 e. The third-order valence-electron chi connectivity index (χ3n) is 5.37. The molecule has 0 aliphatic carbocycles. The van der Waals surface area contributed by atoms with Crippen LogP contribution in [0.1, 0.15) is 4.88 Å². The number of hydrogen-bond acceptors (Lipinski definition) is 6. The van der Waals surface area contributed by atoms with E-state index in [-0.39, 0.29) is 31.8 Å². The molecule has 1 amide bonds. The van der Waals surface area contributed by atoms with Crippen LogP contribution in [0.25, 0.3) is 21.2 Å². The van der Waals surface area contributed by atoms with Gasteiger partial charge in [0.05, 0.1) is 19.4 Å². The number of fused-ring (bicyclic) bond motifs is 2. The zero-order valence-corrected chi connectivity index (χ0v) is 18.5. The second kappa shape index (κ2) is 9.02. The number of carbonyl (C=O) groups is 1. The van der Waals surface area contributed by atoms with Crippen molar-refractivity contribution >= 4 is 27.5 Å². The lowest BCUT2D eigenvalue weighted by Crippen LogP contribution is -2.29. The fourth-order valence-electron chi connectivity index (χ4n) is 3.70. The summed E-state index contributed by atoms with van der Waals surface area (Å²) in [6.45, 7) is 0.174. The van der Waals surface area contributed by atoms with Crippen LogP contribution in [-0.2, 0) is 13.1 Å².